The Bertz CT molecular complexity index is 429. The van der Waals surface area contributed by atoms with Gasteiger partial charge in [-0.3, -0.25) is 0 Å². The molecule has 20 heavy (non-hydrogen) atoms. The Morgan fingerprint density at radius 1 is 1.25 bits per heavy atom. The third kappa shape index (κ3) is 4.92. The van der Waals surface area contributed by atoms with E-state index in [1.54, 1.807) is 7.11 Å². The summed E-state index contributed by atoms with van der Waals surface area (Å²) in [6.07, 6.45) is 0.890. The van der Waals surface area contributed by atoms with Crippen LogP contribution in [0.1, 0.15) is 33.3 Å². The van der Waals surface area contributed by atoms with Crippen molar-refractivity contribution in [2.24, 2.45) is 5.41 Å². The van der Waals surface area contributed by atoms with E-state index in [9.17, 15) is 0 Å². The predicted molar refractivity (Wildman–Crippen MR) is 87.9 cm³/mol. The number of methoxy groups -OCH3 is 1. The summed E-state index contributed by atoms with van der Waals surface area (Å²) in [5, 5.41) is 4.97. The third-order valence-electron chi connectivity index (χ3n) is 3.39. The third-order valence-corrected chi connectivity index (χ3v) is 3.99. The zero-order valence-corrected chi connectivity index (χ0v) is 14.5. The average molecular weight is 318 g/mol. The van der Waals surface area contributed by atoms with E-state index in [-0.39, 0.29) is 17.6 Å². The molecule has 0 aliphatic rings. The smallest absolute Gasteiger partial charge is 0.0775 e. The molecule has 0 aliphatic carbocycles. The van der Waals surface area contributed by atoms with Gasteiger partial charge in [0.05, 0.1) is 6.10 Å². The van der Waals surface area contributed by atoms with Crippen molar-refractivity contribution in [3.63, 3.8) is 0 Å². The molecule has 0 aromatic heterocycles. The molecular formula is C16H25Cl2NO. The van der Waals surface area contributed by atoms with Crippen LogP contribution < -0.4 is 5.32 Å². The molecule has 2 unspecified atom stereocenters. The summed E-state index contributed by atoms with van der Waals surface area (Å²) < 4.78 is 5.73. The molecule has 0 saturated carbocycles. The highest BCUT2D eigenvalue weighted by atomic mass is 35.5. The van der Waals surface area contributed by atoms with Crippen molar-refractivity contribution < 1.29 is 4.74 Å². The van der Waals surface area contributed by atoms with Gasteiger partial charge in [0, 0.05) is 23.2 Å². The van der Waals surface area contributed by atoms with Crippen LogP contribution in [0.15, 0.2) is 18.2 Å². The van der Waals surface area contributed by atoms with Gasteiger partial charge in [0.1, 0.15) is 0 Å². The van der Waals surface area contributed by atoms with Gasteiger partial charge in [0.2, 0.25) is 0 Å². The lowest BCUT2D eigenvalue weighted by Gasteiger charge is -2.36. The van der Waals surface area contributed by atoms with Crippen LogP contribution in [0.4, 0.5) is 0 Å². The summed E-state index contributed by atoms with van der Waals surface area (Å²) in [4.78, 5) is 0. The van der Waals surface area contributed by atoms with Gasteiger partial charge in [-0.1, -0.05) is 50.9 Å². The highest BCUT2D eigenvalue weighted by Gasteiger charge is 2.32. The maximum absolute atomic E-state index is 6.28. The lowest BCUT2D eigenvalue weighted by molar-refractivity contribution is -0.0106. The molecule has 2 nitrogen and oxygen atoms in total. The van der Waals surface area contributed by atoms with Crippen LogP contribution in [0.3, 0.4) is 0 Å². The molecule has 1 aromatic rings. The van der Waals surface area contributed by atoms with Gasteiger partial charge in [-0.25, -0.2) is 0 Å². The van der Waals surface area contributed by atoms with E-state index in [0.717, 1.165) is 23.6 Å². The largest absolute Gasteiger partial charge is 0.379 e. The molecule has 4 heteroatoms. The number of likely N-dealkylation sites (N-methyl/N-ethyl adjacent to an activating group) is 1. The minimum absolute atomic E-state index is 0.0483. The molecule has 0 spiro atoms. The second-order valence-electron chi connectivity index (χ2n) is 6.13. The van der Waals surface area contributed by atoms with Gasteiger partial charge in [-0.2, -0.15) is 0 Å². The second-order valence-corrected chi connectivity index (χ2v) is 6.97. The molecule has 2 atom stereocenters. The molecule has 1 N–H and O–H groups in total. The van der Waals surface area contributed by atoms with Crippen LogP contribution in [0.25, 0.3) is 0 Å². The number of ether oxygens (including phenoxy) is 1. The monoisotopic (exact) mass is 317 g/mol. The highest BCUT2D eigenvalue weighted by Crippen LogP contribution is 2.28. The lowest BCUT2D eigenvalue weighted by atomic mass is 9.82. The standard InChI is InChI=1S/C16H25Cl2NO/c1-6-19-14(15(20-5)16(2,3)4)10-11-9-12(17)7-8-13(11)18/h7-9,14-15,19H,6,10H2,1-5H3. The second kappa shape index (κ2) is 7.65. The molecule has 0 heterocycles. The SMILES string of the molecule is CCNC(Cc1cc(Cl)ccc1Cl)C(OC)C(C)(C)C. The zero-order valence-electron chi connectivity index (χ0n) is 13.0. The number of halogens is 2. The summed E-state index contributed by atoms with van der Waals surface area (Å²) in [7, 11) is 1.76. The molecule has 1 rings (SSSR count). The van der Waals surface area contributed by atoms with Crippen molar-refractivity contribution in [3.8, 4) is 0 Å². The van der Waals surface area contributed by atoms with E-state index in [2.05, 4.69) is 33.0 Å². The van der Waals surface area contributed by atoms with Crippen LogP contribution in [0.5, 0.6) is 0 Å². The molecule has 0 radical (unpaired) electrons. The number of hydrogen-bond donors (Lipinski definition) is 1. The van der Waals surface area contributed by atoms with Gasteiger partial charge in [-0.05, 0) is 42.1 Å². The van der Waals surface area contributed by atoms with E-state index in [1.807, 2.05) is 18.2 Å². The van der Waals surface area contributed by atoms with Gasteiger partial charge in [0.15, 0.2) is 0 Å². The number of nitrogens with one attached hydrogen (secondary N) is 1. The molecule has 0 amide bonds. The van der Waals surface area contributed by atoms with Crippen molar-refractivity contribution in [1.29, 1.82) is 0 Å². The normalized spacial score (nSPS) is 15.2. The fourth-order valence-corrected chi connectivity index (χ4v) is 3.00. The van der Waals surface area contributed by atoms with Crippen LogP contribution >= 0.6 is 23.2 Å². The van der Waals surface area contributed by atoms with E-state index in [1.165, 1.54) is 0 Å². The molecule has 0 aliphatic heterocycles. The Hall–Kier alpha value is -0.280. The van der Waals surface area contributed by atoms with Crippen molar-refractivity contribution in [3.05, 3.63) is 33.8 Å². The first-order chi connectivity index (χ1) is 9.29. The highest BCUT2D eigenvalue weighted by molar-refractivity contribution is 6.33. The van der Waals surface area contributed by atoms with E-state index < -0.39 is 0 Å². The minimum Gasteiger partial charge on any atom is -0.379 e. The first kappa shape index (κ1) is 17.8. The van der Waals surface area contributed by atoms with Crippen LogP contribution in [0, 0.1) is 5.41 Å². The summed E-state index contributed by atoms with van der Waals surface area (Å²) >= 11 is 12.3. The Balaban J connectivity index is 2.99. The van der Waals surface area contributed by atoms with E-state index in [4.69, 9.17) is 27.9 Å². The van der Waals surface area contributed by atoms with E-state index >= 15 is 0 Å². The number of benzene rings is 1. The maximum atomic E-state index is 6.28. The first-order valence-electron chi connectivity index (χ1n) is 6.99. The summed E-state index contributed by atoms with van der Waals surface area (Å²) in [5.41, 5.74) is 1.10. The molecule has 114 valence electrons. The Morgan fingerprint density at radius 2 is 1.90 bits per heavy atom. The summed E-state index contributed by atoms with van der Waals surface area (Å²) in [6, 6.07) is 5.79. The van der Waals surface area contributed by atoms with Crippen molar-refractivity contribution in [1.82, 2.24) is 5.32 Å². The lowest BCUT2D eigenvalue weighted by Crippen LogP contribution is -2.49. The number of hydrogen-bond acceptors (Lipinski definition) is 2. The fraction of sp³-hybridized carbons (Fsp3) is 0.625. The Morgan fingerprint density at radius 3 is 2.40 bits per heavy atom. The van der Waals surface area contributed by atoms with Gasteiger partial charge in [0.25, 0.3) is 0 Å². The zero-order chi connectivity index (χ0) is 15.3. The fourth-order valence-electron chi connectivity index (χ4n) is 2.61. The Labute approximate surface area is 132 Å². The first-order valence-corrected chi connectivity index (χ1v) is 7.75. The van der Waals surface area contributed by atoms with Crippen molar-refractivity contribution in [2.45, 2.75) is 46.3 Å². The maximum Gasteiger partial charge on any atom is 0.0775 e. The quantitative estimate of drug-likeness (QED) is 0.829. The number of rotatable bonds is 6. The van der Waals surface area contributed by atoms with Gasteiger partial charge in [-0.15, -0.1) is 0 Å². The molecule has 0 bridgehead atoms. The van der Waals surface area contributed by atoms with Gasteiger partial charge < -0.3 is 10.1 Å². The van der Waals surface area contributed by atoms with Crippen LogP contribution in [-0.2, 0) is 11.2 Å². The van der Waals surface area contributed by atoms with Crippen LogP contribution in [0.2, 0.25) is 10.0 Å². The predicted octanol–water partition coefficient (Wildman–Crippen LogP) is 4.58. The molecule has 0 fully saturated rings. The minimum atomic E-state index is 0.0483. The van der Waals surface area contributed by atoms with Crippen molar-refractivity contribution in [2.75, 3.05) is 13.7 Å². The van der Waals surface area contributed by atoms with Crippen LogP contribution in [-0.4, -0.2) is 25.8 Å². The molecular weight excluding hydrogens is 293 g/mol. The van der Waals surface area contributed by atoms with E-state index in [0.29, 0.717) is 5.02 Å². The van der Waals surface area contributed by atoms with Gasteiger partial charge >= 0.3 is 0 Å². The van der Waals surface area contributed by atoms with Crippen molar-refractivity contribution >= 4 is 23.2 Å². The average Bonchev–Trinajstić information content (AvgIpc) is 2.33. The Kier molecular flexibility index (Phi) is 6.80. The molecule has 0 saturated heterocycles. The summed E-state index contributed by atoms with van der Waals surface area (Å²) in [6.45, 7) is 9.54. The topological polar surface area (TPSA) is 21.3 Å². The summed E-state index contributed by atoms with van der Waals surface area (Å²) in [5.74, 6) is 0. The molecule has 1 aromatic carbocycles.